The summed E-state index contributed by atoms with van der Waals surface area (Å²) in [6.07, 6.45) is 6.42. The molecular formula is C13H15ClN2. The van der Waals surface area contributed by atoms with Crippen LogP contribution in [0.5, 0.6) is 0 Å². The summed E-state index contributed by atoms with van der Waals surface area (Å²) in [5.74, 6) is 0. The van der Waals surface area contributed by atoms with Crippen molar-refractivity contribution in [1.82, 2.24) is 4.98 Å². The van der Waals surface area contributed by atoms with E-state index in [0.717, 1.165) is 34.3 Å². The Balaban J connectivity index is 2.19. The molecule has 3 rings (SSSR count). The Morgan fingerprint density at radius 3 is 2.69 bits per heavy atom. The Kier molecular flexibility index (Phi) is 2.23. The summed E-state index contributed by atoms with van der Waals surface area (Å²) in [4.78, 5) is 3.17. The molecule has 0 radical (unpaired) electrons. The van der Waals surface area contributed by atoms with Gasteiger partial charge in [-0.05, 0) is 30.5 Å². The van der Waals surface area contributed by atoms with Crippen LogP contribution >= 0.6 is 11.6 Å². The van der Waals surface area contributed by atoms with Crippen LogP contribution in [0.1, 0.15) is 31.2 Å². The molecule has 0 bridgehead atoms. The standard InChI is InChI=1S/C13H15ClN2/c14-12-9-5-8-16-11(9)4-3-10(12)13(15)6-1-2-7-13/h3-5,8,16H,1-2,6-7,15H2. The highest BCUT2D eigenvalue weighted by molar-refractivity contribution is 6.36. The Hall–Kier alpha value is -0.990. The van der Waals surface area contributed by atoms with Crippen molar-refractivity contribution >= 4 is 22.5 Å². The fourth-order valence-corrected chi connectivity index (χ4v) is 3.17. The minimum absolute atomic E-state index is 0.206. The van der Waals surface area contributed by atoms with Gasteiger partial charge in [0.1, 0.15) is 0 Å². The zero-order valence-corrected chi connectivity index (χ0v) is 9.85. The maximum atomic E-state index is 6.45. The predicted octanol–water partition coefficient (Wildman–Crippen LogP) is 3.55. The van der Waals surface area contributed by atoms with Gasteiger partial charge in [-0.1, -0.05) is 30.5 Å². The van der Waals surface area contributed by atoms with Gasteiger partial charge in [0.25, 0.3) is 0 Å². The third-order valence-corrected chi connectivity index (χ3v) is 4.11. The van der Waals surface area contributed by atoms with Crippen molar-refractivity contribution in [3.05, 3.63) is 35.0 Å². The number of hydrogen-bond donors (Lipinski definition) is 2. The molecule has 1 aromatic carbocycles. The number of H-pyrrole nitrogens is 1. The number of hydrogen-bond acceptors (Lipinski definition) is 1. The second-order valence-electron chi connectivity index (χ2n) is 4.73. The molecular weight excluding hydrogens is 220 g/mol. The molecule has 1 fully saturated rings. The lowest BCUT2D eigenvalue weighted by molar-refractivity contribution is 0.462. The third-order valence-electron chi connectivity index (χ3n) is 3.70. The molecule has 0 atom stereocenters. The number of aromatic amines is 1. The molecule has 3 N–H and O–H groups in total. The number of nitrogens with two attached hydrogens (primary N) is 1. The van der Waals surface area contributed by atoms with E-state index in [9.17, 15) is 0 Å². The number of fused-ring (bicyclic) bond motifs is 1. The average Bonchev–Trinajstić information content (AvgIpc) is 2.87. The minimum Gasteiger partial charge on any atom is -0.361 e. The van der Waals surface area contributed by atoms with Crippen molar-refractivity contribution < 1.29 is 0 Å². The molecule has 1 aliphatic carbocycles. The lowest BCUT2D eigenvalue weighted by atomic mass is 9.88. The van der Waals surface area contributed by atoms with Gasteiger partial charge < -0.3 is 10.7 Å². The predicted molar refractivity (Wildman–Crippen MR) is 67.6 cm³/mol. The molecule has 84 valence electrons. The number of benzene rings is 1. The normalized spacial score (nSPS) is 19.4. The van der Waals surface area contributed by atoms with Crippen molar-refractivity contribution in [3.63, 3.8) is 0 Å². The van der Waals surface area contributed by atoms with Crippen LogP contribution in [0.2, 0.25) is 5.02 Å². The molecule has 1 aromatic heterocycles. The minimum atomic E-state index is -0.206. The van der Waals surface area contributed by atoms with Gasteiger partial charge in [0.2, 0.25) is 0 Å². The van der Waals surface area contributed by atoms with E-state index in [2.05, 4.69) is 17.1 Å². The van der Waals surface area contributed by atoms with Crippen molar-refractivity contribution in [2.45, 2.75) is 31.2 Å². The molecule has 16 heavy (non-hydrogen) atoms. The van der Waals surface area contributed by atoms with Gasteiger partial charge in [-0.15, -0.1) is 0 Å². The molecule has 1 aliphatic rings. The molecule has 0 saturated heterocycles. The van der Waals surface area contributed by atoms with Gasteiger partial charge >= 0.3 is 0 Å². The summed E-state index contributed by atoms with van der Waals surface area (Å²) >= 11 is 6.45. The molecule has 3 heteroatoms. The molecule has 0 spiro atoms. The van der Waals surface area contributed by atoms with Crippen LogP contribution in [-0.2, 0) is 5.54 Å². The van der Waals surface area contributed by atoms with Gasteiger partial charge in [0.15, 0.2) is 0 Å². The Morgan fingerprint density at radius 2 is 1.94 bits per heavy atom. The first kappa shape index (κ1) is 10.2. The highest BCUT2D eigenvalue weighted by Crippen LogP contribution is 2.41. The van der Waals surface area contributed by atoms with Crippen molar-refractivity contribution in [2.75, 3.05) is 0 Å². The second kappa shape index (κ2) is 3.51. The van der Waals surface area contributed by atoms with E-state index in [4.69, 9.17) is 17.3 Å². The number of aromatic nitrogens is 1. The summed E-state index contributed by atoms with van der Waals surface area (Å²) < 4.78 is 0. The van der Waals surface area contributed by atoms with Gasteiger partial charge in [0.05, 0.1) is 5.02 Å². The molecule has 0 amide bonds. The van der Waals surface area contributed by atoms with E-state index in [1.165, 1.54) is 12.8 Å². The topological polar surface area (TPSA) is 41.8 Å². The average molecular weight is 235 g/mol. The first-order chi connectivity index (χ1) is 7.71. The molecule has 1 saturated carbocycles. The summed E-state index contributed by atoms with van der Waals surface area (Å²) in [6, 6.07) is 6.16. The van der Waals surface area contributed by atoms with E-state index in [0.29, 0.717) is 0 Å². The van der Waals surface area contributed by atoms with Gasteiger partial charge in [-0.25, -0.2) is 0 Å². The van der Waals surface area contributed by atoms with Crippen LogP contribution in [0.4, 0.5) is 0 Å². The number of rotatable bonds is 1. The molecule has 1 heterocycles. The SMILES string of the molecule is NC1(c2ccc3[nH]ccc3c2Cl)CCCC1. The fraction of sp³-hybridized carbons (Fsp3) is 0.385. The van der Waals surface area contributed by atoms with E-state index in [-0.39, 0.29) is 5.54 Å². The third kappa shape index (κ3) is 1.37. The van der Waals surface area contributed by atoms with Crippen LogP contribution in [0.15, 0.2) is 24.4 Å². The highest BCUT2D eigenvalue weighted by Gasteiger charge is 2.33. The van der Waals surface area contributed by atoms with Crippen LogP contribution in [0.3, 0.4) is 0 Å². The smallest absolute Gasteiger partial charge is 0.0550 e. The van der Waals surface area contributed by atoms with E-state index in [1.807, 2.05) is 12.3 Å². The lowest BCUT2D eigenvalue weighted by Crippen LogP contribution is -2.33. The lowest BCUT2D eigenvalue weighted by Gasteiger charge is -2.25. The first-order valence-electron chi connectivity index (χ1n) is 5.76. The number of halogens is 1. The van der Waals surface area contributed by atoms with Crippen molar-refractivity contribution in [1.29, 1.82) is 0 Å². The van der Waals surface area contributed by atoms with Crippen LogP contribution in [0.25, 0.3) is 10.9 Å². The van der Waals surface area contributed by atoms with Gasteiger partial charge in [-0.2, -0.15) is 0 Å². The molecule has 0 unspecified atom stereocenters. The summed E-state index contributed by atoms with van der Waals surface area (Å²) in [5, 5.41) is 1.90. The zero-order valence-electron chi connectivity index (χ0n) is 9.09. The first-order valence-corrected chi connectivity index (χ1v) is 6.13. The monoisotopic (exact) mass is 234 g/mol. The Labute approximate surface area is 99.8 Å². The Morgan fingerprint density at radius 1 is 1.19 bits per heavy atom. The van der Waals surface area contributed by atoms with Crippen molar-refractivity contribution in [3.8, 4) is 0 Å². The van der Waals surface area contributed by atoms with E-state index >= 15 is 0 Å². The highest BCUT2D eigenvalue weighted by atomic mass is 35.5. The van der Waals surface area contributed by atoms with Gasteiger partial charge in [0, 0.05) is 22.6 Å². The van der Waals surface area contributed by atoms with E-state index < -0.39 is 0 Å². The van der Waals surface area contributed by atoms with Gasteiger partial charge in [-0.3, -0.25) is 0 Å². The Bertz CT molecular complexity index is 524. The summed E-state index contributed by atoms with van der Waals surface area (Å²) in [6.45, 7) is 0. The van der Waals surface area contributed by atoms with E-state index in [1.54, 1.807) is 0 Å². The maximum absolute atomic E-state index is 6.45. The quantitative estimate of drug-likeness (QED) is 0.779. The largest absolute Gasteiger partial charge is 0.361 e. The maximum Gasteiger partial charge on any atom is 0.0550 e. The zero-order chi connectivity index (χ0) is 11.2. The summed E-state index contributed by atoms with van der Waals surface area (Å²) in [7, 11) is 0. The number of nitrogens with one attached hydrogen (secondary N) is 1. The second-order valence-corrected chi connectivity index (χ2v) is 5.11. The molecule has 2 aromatic rings. The van der Waals surface area contributed by atoms with Crippen molar-refractivity contribution in [2.24, 2.45) is 5.73 Å². The summed E-state index contributed by atoms with van der Waals surface area (Å²) in [5.41, 5.74) is 8.43. The molecule has 2 nitrogen and oxygen atoms in total. The van der Waals surface area contributed by atoms with Crippen LogP contribution in [0, 0.1) is 0 Å². The fourth-order valence-electron chi connectivity index (χ4n) is 2.76. The van der Waals surface area contributed by atoms with Crippen LogP contribution < -0.4 is 5.73 Å². The van der Waals surface area contributed by atoms with Crippen LogP contribution in [-0.4, -0.2) is 4.98 Å². The molecule has 0 aliphatic heterocycles.